The molecule has 0 saturated heterocycles. The fourth-order valence-corrected chi connectivity index (χ4v) is 2.33. The summed E-state index contributed by atoms with van der Waals surface area (Å²) in [4.78, 5) is 0. The van der Waals surface area contributed by atoms with Crippen LogP contribution < -0.4 is 5.32 Å². The lowest BCUT2D eigenvalue weighted by Crippen LogP contribution is -2.15. The van der Waals surface area contributed by atoms with E-state index in [9.17, 15) is 0 Å². The van der Waals surface area contributed by atoms with Crippen molar-refractivity contribution in [2.45, 2.75) is 71.5 Å². The highest BCUT2D eigenvalue weighted by Crippen LogP contribution is 2.19. The van der Waals surface area contributed by atoms with E-state index < -0.39 is 0 Å². The monoisotopic (exact) mass is 249 g/mol. The minimum Gasteiger partial charge on any atom is -0.310 e. The van der Waals surface area contributed by atoms with Gasteiger partial charge in [0.2, 0.25) is 0 Å². The molecule has 3 heteroatoms. The summed E-state index contributed by atoms with van der Waals surface area (Å²) < 4.78 is 2.13. The molecule has 102 valence electrons. The molecule has 0 bridgehead atoms. The zero-order valence-electron chi connectivity index (χ0n) is 11.9. The van der Waals surface area contributed by atoms with Crippen LogP contribution in [0.15, 0.2) is 12.4 Å². The van der Waals surface area contributed by atoms with Crippen molar-refractivity contribution in [3.05, 3.63) is 18.0 Å². The second kappa shape index (κ2) is 6.93. The Balaban J connectivity index is 1.76. The molecule has 1 fully saturated rings. The summed E-state index contributed by atoms with van der Waals surface area (Å²) in [7, 11) is 0. The molecule has 1 aromatic rings. The number of hydrogen-bond acceptors (Lipinski definition) is 2. The van der Waals surface area contributed by atoms with Gasteiger partial charge in [-0.05, 0) is 25.2 Å². The molecule has 1 aliphatic rings. The summed E-state index contributed by atoms with van der Waals surface area (Å²) in [6.07, 6.45) is 12.2. The molecule has 1 aromatic heterocycles. The smallest absolute Gasteiger partial charge is 0.0534 e. The molecule has 0 aliphatic heterocycles. The molecule has 1 heterocycles. The van der Waals surface area contributed by atoms with E-state index in [1.165, 1.54) is 44.1 Å². The molecule has 0 amide bonds. The van der Waals surface area contributed by atoms with Crippen LogP contribution in [-0.2, 0) is 13.1 Å². The quantitative estimate of drug-likeness (QED) is 0.727. The SMILES string of the molecule is CCCCC(CC)Cn1cc(CNC2CC2)cn1. The number of hydrogen-bond donors (Lipinski definition) is 1. The summed E-state index contributed by atoms with van der Waals surface area (Å²) in [5.74, 6) is 0.786. The number of nitrogens with one attached hydrogen (secondary N) is 1. The van der Waals surface area contributed by atoms with Crippen molar-refractivity contribution < 1.29 is 0 Å². The molecule has 1 unspecified atom stereocenters. The predicted molar refractivity (Wildman–Crippen MR) is 75.4 cm³/mol. The first-order chi connectivity index (χ1) is 8.81. The molecule has 1 atom stereocenters. The van der Waals surface area contributed by atoms with E-state index in [1.807, 2.05) is 6.20 Å². The zero-order valence-corrected chi connectivity index (χ0v) is 11.9. The minimum atomic E-state index is 0.779. The van der Waals surface area contributed by atoms with Gasteiger partial charge in [-0.1, -0.05) is 33.1 Å². The Morgan fingerprint density at radius 1 is 1.44 bits per heavy atom. The lowest BCUT2D eigenvalue weighted by atomic mass is 9.99. The van der Waals surface area contributed by atoms with Crippen molar-refractivity contribution >= 4 is 0 Å². The van der Waals surface area contributed by atoms with Crippen LogP contribution in [0, 0.1) is 5.92 Å². The second-order valence-electron chi connectivity index (χ2n) is 5.64. The van der Waals surface area contributed by atoms with Crippen LogP contribution in [0.1, 0.15) is 57.9 Å². The van der Waals surface area contributed by atoms with Gasteiger partial charge in [-0.2, -0.15) is 5.10 Å². The summed E-state index contributed by atoms with van der Waals surface area (Å²) >= 11 is 0. The third kappa shape index (κ3) is 4.45. The van der Waals surface area contributed by atoms with Crippen LogP contribution >= 0.6 is 0 Å². The summed E-state index contributed by atoms with van der Waals surface area (Å²) in [5, 5.41) is 8.02. The van der Waals surface area contributed by atoms with Gasteiger partial charge in [0.05, 0.1) is 6.20 Å². The highest BCUT2D eigenvalue weighted by atomic mass is 15.3. The van der Waals surface area contributed by atoms with Gasteiger partial charge in [-0.25, -0.2) is 0 Å². The van der Waals surface area contributed by atoms with E-state index in [0.717, 1.165) is 25.0 Å². The summed E-state index contributed by atoms with van der Waals surface area (Å²) in [5.41, 5.74) is 1.33. The van der Waals surface area contributed by atoms with E-state index in [2.05, 4.69) is 35.1 Å². The van der Waals surface area contributed by atoms with Gasteiger partial charge in [0.25, 0.3) is 0 Å². The van der Waals surface area contributed by atoms with Gasteiger partial charge in [-0.15, -0.1) is 0 Å². The lowest BCUT2D eigenvalue weighted by Gasteiger charge is -2.14. The number of nitrogens with zero attached hydrogens (tertiary/aromatic N) is 2. The maximum atomic E-state index is 4.49. The first-order valence-corrected chi connectivity index (χ1v) is 7.56. The molecule has 1 N–H and O–H groups in total. The minimum absolute atomic E-state index is 0.779. The second-order valence-corrected chi connectivity index (χ2v) is 5.64. The molecule has 0 spiro atoms. The predicted octanol–water partition coefficient (Wildman–Crippen LogP) is 3.35. The van der Waals surface area contributed by atoms with Crippen LogP contribution in [-0.4, -0.2) is 15.8 Å². The van der Waals surface area contributed by atoms with Gasteiger partial charge < -0.3 is 5.32 Å². The third-order valence-electron chi connectivity index (χ3n) is 3.85. The largest absolute Gasteiger partial charge is 0.310 e. The molecule has 1 aliphatic carbocycles. The highest BCUT2D eigenvalue weighted by molar-refractivity contribution is 5.04. The van der Waals surface area contributed by atoms with Crippen LogP contribution in [0.5, 0.6) is 0 Å². The Kier molecular flexibility index (Phi) is 5.24. The number of rotatable bonds is 9. The molecular formula is C15H27N3. The zero-order chi connectivity index (χ0) is 12.8. The average Bonchev–Trinajstić information content (AvgIpc) is 3.12. The molecule has 0 aromatic carbocycles. The first kappa shape index (κ1) is 13.6. The Hall–Kier alpha value is -0.830. The van der Waals surface area contributed by atoms with Crippen LogP contribution in [0.2, 0.25) is 0 Å². The molecular weight excluding hydrogens is 222 g/mol. The van der Waals surface area contributed by atoms with Crippen LogP contribution in [0.4, 0.5) is 0 Å². The van der Waals surface area contributed by atoms with Crippen molar-refractivity contribution in [1.29, 1.82) is 0 Å². The maximum absolute atomic E-state index is 4.49. The Morgan fingerprint density at radius 3 is 2.94 bits per heavy atom. The fraction of sp³-hybridized carbons (Fsp3) is 0.800. The van der Waals surface area contributed by atoms with E-state index in [1.54, 1.807) is 0 Å². The molecule has 1 saturated carbocycles. The van der Waals surface area contributed by atoms with Crippen molar-refractivity contribution in [1.82, 2.24) is 15.1 Å². The molecule has 2 rings (SSSR count). The summed E-state index contributed by atoms with van der Waals surface area (Å²) in [6, 6.07) is 0.779. The van der Waals surface area contributed by atoms with Gasteiger partial charge in [0.1, 0.15) is 0 Å². The third-order valence-corrected chi connectivity index (χ3v) is 3.85. The van der Waals surface area contributed by atoms with Gasteiger partial charge in [0.15, 0.2) is 0 Å². The van der Waals surface area contributed by atoms with E-state index in [0.29, 0.717) is 0 Å². The van der Waals surface area contributed by atoms with Gasteiger partial charge >= 0.3 is 0 Å². The highest BCUT2D eigenvalue weighted by Gasteiger charge is 2.20. The summed E-state index contributed by atoms with van der Waals surface area (Å²) in [6.45, 7) is 6.62. The normalized spacial score (nSPS) is 17.0. The topological polar surface area (TPSA) is 29.9 Å². The van der Waals surface area contributed by atoms with Crippen LogP contribution in [0.3, 0.4) is 0 Å². The van der Waals surface area contributed by atoms with Crippen molar-refractivity contribution in [2.75, 3.05) is 0 Å². The van der Waals surface area contributed by atoms with Crippen LogP contribution in [0.25, 0.3) is 0 Å². The lowest BCUT2D eigenvalue weighted by molar-refractivity contribution is 0.372. The maximum Gasteiger partial charge on any atom is 0.0534 e. The number of unbranched alkanes of at least 4 members (excludes halogenated alkanes) is 1. The van der Waals surface area contributed by atoms with E-state index in [-0.39, 0.29) is 0 Å². The molecule has 3 nitrogen and oxygen atoms in total. The average molecular weight is 249 g/mol. The molecule has 0 radical (unpaired) electrons. The van der Waals surface area contributed by atoms with Crippen molar-refractivity contribution in [3.8, 4) is 0 Å². The Bertz CT molecular complexity index is 341. The Morgan fingerprint density at radius 2 is 2.28 bits per heavy atom. The first-order valence-electron chi connectivity index (χ1n) is 7.56. The number of aromatic nitrogens is 2. The standard InChI is InChI=1S/C15H27N3/c1-3-5-6-13(4-2)11-18-12-14(10-17-18)9-16-15-7-8-15/h10,12-13,15-16H,3-9,11H2,1-2H3. The Labute approximate surface area is 111 Å². The van der Waals surface area contributed by atoms with Gasteiger partial charge in [0, 0.05) is 30.9 Å². The van der Waals surface area contributed by atoms with Gasteiger partial charge in [-0.3, -0.25) is 4.68 Å². The van der Waals surface area contributed by atoms with Crippen molar-refractivity contribution in [3.63, 3.8) is 0 Å². The van der Waals surface area contributed by atoms with Crippen molar-refractivity contribution in [2.24, 2.45) is 5.92 Å². The molecule has 18 heavy (non-hydrogen) atoms. The fourth-order valence-electron chi connectivity index (χ4n) is 2.33. The van der Waals surface area contributed by atoms with E-state index in [4.69, 9.17) is 0 Å². The van der Waals surface area contributed by atoms with E-state index >= 15 is 0 Å².